The molecule has 2 fully saturated rings. The molecule has 2 unspecified atom stereocenters. The lowest BCUT2D eigenvalue weighted by Crippen LogP contribution is -2.47. The minimum atomic E-state index is 0. The highest BCUT2D eigenvalue weighted by Gasteiger charge is 2.24. The predicted octanol–water partition coefficient (Wildman–Crippen LogP) is 3.48. The van der Waals surface area contributed by atoms with Crippen LogP contribution in [0.15, 0.2) is 35.3 Å². The van der Waals surface area contributed by atoms with E-state index in [1.807, 2.05) is 7.05 Å². The van der Waals surface area contributed by atoms with E-state index >= 15 is 0 Å². The summed E-state index contributed by atoms with van der Waals surface area (Å²) in [7, 11) is 1.92. The smallest absolute Gasteiger partial charge is 0.193 e. The molecule has 5 heteroatoms. The van der Waals surface area contributed by atoms with E-state index < -0.39 is 0 Å². The Bertz CT molecular complexity index is 548. The van der Waals surface area contributed by atoms with Gasteiger partial charge in [0.25, 0.3) is 0 Å². The fourth-order valence-electron chi connectivity index (χ4n) is 4.16. The maximum atomic E-state index is 4.52. The minimum absolute atomic E-state index is 0. The molecule has 146 valence electrons. The van der Waals surface area contributed by atoms with Crippen LogP contribution in [-0.4, -0.2) is 62.1 Å². The third kappa shape index (κ3) is 6.41. The molecule has 2 aliphatic heterocycles. The second kappa shape index (κ2) is 11.1. The number of nitrogens with one attached hydrogen (secondary N) is 1. The predicted molar refractivity (Wildman–Crippen MR) is 121 cm³/mol. The first-order valence-electron chi connectivity index (χ1n) is 9.96. The summed E-state index contributed by atoms with van der Waals surface area (Å²) in [5, 5.41) is 3.65. The largest absolute Gasteiger partial charge is 0.356 e. The van der Waals surface area contributed by atoms with Crippen molar-refractivity contribution < 1.29 is 0 Å². The number of benzene rings is 1. The number of halogens is 1. The maximum absolute atomic E-state index is 4.52. The van der Waals surface area contributed by atoms with Crippen molar-refractivity contribution in [1.29, 1.82) is 0 Å². The number of piperidine rings is 1. The average Bonchev–Trinajstić information content (AvgIpc) is 3.09. The van der Waals surface area contributed by atoms with E-state index in [1.54, 1.807) is 0 Å². The van der Waals surface area contributed by atoms with Crippen LogP contribution < -0.4 is 5.32 Å². The molecule has 2 heterocycles. The molecule has 0 saturated carbocycles. The molecule has 1 N–H and O–H groups in total. The first-order chi connectivity index (χ1) is 12.2. The monoisotopic (exact) mass is 470 g/mol. The molecule has 0 radical (unpaired) electrons. The number of nitrogens with zero attached hydrogens (tertiary/aromatic N) is 3. The Morgan fingerprint density at radius 1 is 1.15 bits per heavy atom. The Hall–Kier alpha value is -0.820. The minimum Gasteiger partial charge on any atom is -0.356 e. The van der Waals surface area contributed by atoms with Crippen molar-refractivity contribution in [1.82, 2.24) is 15.1 Å². The van der Waals surface area contributed by atoms with Gasteiger partial charge in [0.15, 0.2) is 5.96 Å². The van der Waals surface area contributed by atoms with Crippen LogP contribution in [0.25, 0.3) is 0 Å². The van der Waals surface area contributed by atoms with Crippen molar-refractivity contribution >= 4 is 29.9 Å². The van der Waals surface area contributed by atoms with Gasteiger partial charge in [-0.2, -0.15) is 0 Å². The Balaban J connectivity index is 0.00000243. The van der Waals surface area contributed by atoms with Crippen LogP contribution in [0.4, 0.5) is 0 Å². The molecular weight excluding hydrogens is 435 g/mol. The molecule has 3 rings (SSSR count). The molecule has 2 aliphatic rings. The van der Waals surface area contributed by atoms with E-state index in [0.29, 0.717) is 0 Å². The van der Waals surface area contributed by atoms with E-state index in [-0.39, 0.29) is 24.0 Å². The molecule has 2 saturated heterocycles. The second-order valence-electron chi connectivity index (χ2n) is 7.81. The Morgan fingerprint density at radius 3 is 2.69 bits per heavy atom. The molecule has 0 bridgehead atoms. The van der Waals surface area contributed by atoms with Crippen molar-refractivity contribution in [3.05, 3.63) is 35.9 Å². The summed E-state index contributed by atoms with van der Waals surface area (Å²) < 4.78 is 0. The average molecular weight is 470 g/mol. The zero-order valence-electron chi connectivity index (χ0n) is 16.4. The van der Waals surface area contributed by atoms with Gasteiger partial charge in [-0.1, -0.05) is 37.3 Å². The molecule has 0 spiro atoms. The number of guanidine groups is 1. The van der Waals surface area contributed by atoms with E-state index in [0.717, 1.165) is 43.9 Å². The standard InChI is InChI=1S/C21H34N4.HI/c1-18-7-6-12-25(16-18)21(22-2)23-15-20-11-14-24(17-20)13-10-19-8-4-3-5-9-19;/h3-5,8-9,18,20H,6-7,10-17H2,1-2H3,(H,22,23);1H. The third-order valence-corrected chi connectivity index (χ3v) is 5.65. The van der Waals surface area contributed by atoms with Gasteiger partial charge in [-0.15, -0.1) is 24.0 Å². The van der Waals surface area contributed by atoms with E-state index in [4.69, 9.17) is 0 Å². The Kier molecular flexibility index (Phi) is 9.19. The van der Waals surface area contributed by atoms with Crippen LogP contribution in [0.3, 0.4) is 0 Å². The highest BCUT2D eigenvalue weighted by atomic mass is 127. The van der Waals surface area contributed by atoms with Crippen molar-refractivity contribution in [3.63, 3.8) is 0 Å². The highest BCUT2D eigenvalue weighted by Crippen LogP contribution is 2.18. The molecule has 0 amide bonds. The van der Waals surface area contributed by atoms with Gasteiger partial charge in [-0.3, -0.25) is 4.99 Å². The summed E-state index contributed by atoms with van der Waals surface area (Å²) in [6.07, 6.45) is 5.11. The third-order valence-electron chi connectivity index (χ3n) is 5.65. The zero-order valence-corrected chi connectivity index (χ0v) is 18.7. The maximum Gasteiger partial charge on any atom is 0.193 e. The summed E-state index contributed by atoms with van der Waals surface area (Å²) in [4.78, 5) is 9.58. The van der Waals surface area contributed by atoms with Crippen molar-refractivity contribution in [2.75, 3.05) is 46.3 Å². The number of hydrogen-bond donors (Lipinski definition) is 1. The first kappa shape index (κ1) is 21.5. The molecular formula is C21H35IN4. The van der Waals surface area contributed by atoms with Crippen LogP contribution in [0.1, 0.15) is 31.7 Å². The van der Waals surface area contributed by atoms with Crippen molar-refractivity contribution in [2.24, 2.45) is 16.8 Å². The number of hydrogen-bond acceptors (Lipinski definition) is 2. The normalized spacial score (nSPS) is 24.4. The van der Waals surface area contributed by atoms with Gasteiger partial charge in [0, 0.05) is 39.8 Å². The summed E-state index contributed by atoms with van der Waals surface area (Å²) in [6, 6.07) is 10.8. The van der Waals surface area contributed by atoms with Gasteiger partial charge >= 0.3 is 0 Å². The SMILES string of the molecule is CN=C(NCC1CCN(CCc2ccccc2)C1)N1CCCC(C)C1.I. The molecule has 0 aliphatic carbocycles. The summed E-state index contributed by atoms with van der Waals surface area (Å²) in [5.74, 6) is 2.64. The Labute approximate surface area is 176 Å². The lowest BCUT2D eigenvalue weighted by molar-refractivity contribution is 0.264. The lowest BCUT2D eigenvalue weighted by Gasteiger charge is -2.34. The number of rotatable bonds is 5. The van der Waals surface area contributed by atoms with Crippen LogP contribution in [0.5, 0.6) is 0 Å². The lowest BCUT2D eigenvalue weighted by atomic mass is 10.0. The molecule has 1 aromatic carbocycles. The van der Waals surface area contributed by atoms with E-state index in [1.165, 1.54) is 44.5 Å². The van der Waals surface area contributed by atoms with Crippen LogP contribution in [0, 0.1) is 11.8 Å². The summed E-state index contributed by atoms with van der Waals surface area (Å²) >= 11 is 0. The number of likely N-dealkylation sites (tertiary alicyclic amines) is 2. The van der Waals surface area contributed by atoms with Crippen LogP contribution in [0.2, 0.25) is 0 Å². The topological polar surface area (TPSA) is 30.9 Å². The van der Waals surface area contributed by atoms with Gasteiger partial charge < -0.3 is 15.1 Å². The molecule has 2 atom stereocenters. The number of aliphatic imine (C=N–C) groups is 1. The van der Waals surface area contributed by atoms with Gasteiger partial charge in [-0.25, -0.2) is 0 Å². The highest BCUT2D eigenvalue weighted by molar-refractivity contribution is 14.0. The van der Waals surface area contributed by atoms with Crippen molar-refractivity contribution in [3.8, 4) is 0 Å². The molecule has 26 heavy (non-hydrogen) atoms. The quantitative estimate of drug-likeness (QED) is 0.406. The van der Waals surface area contributed by atoms with Crippen LogP contribution >= 0.6 is 24.0 Å². The van der Waals surface area contributed by atoms with Gasteiger partial charge in [0.1, 0.15) is 0 Å². The van der Waals surface area contributed by atoms with Crippen LogP contribution in [-0.2, 0) is 6.42 Å². The molecule has 0 aromatic heterocycles. The van der Waals surface area contributed by atoms with E-state index in [9.17, 15) is 0 Å². The zero-order chi connectivity index (χ0) is 17.5. The molecule has 1 aromatic rings. The van der Waals surface area contributed by atoms with Gasteiger partial charge in [-0.05, 0) is 49.6 Å². The van der Waals surface area contributed by atoms with Crippen molar-refractivity contribution in [2.45, 2.75) is 32.6 Å². The second-order valence-corrected chi connectivity index (χ2v) is 7.81. The van der Waals surface area contributed by atoms with Gasteiger partial charge in [0.05, 0.1) is 0 Å². The fraction of sp³-hybridized carbons (Fsp3) is 0.667. The summed E-state index contributed by atoms with van der Waals surface area (Å²) in [5.41, 5.74) is 1.45. The summed E-state index contributed by atoms with van der Waals surface area (Å²) in [6.45, 7) is 9.33. The van der Waals surface area contributed by atoms with E-state index in [2.05, 4.69) is 57.4 Å². The Morgan fingerprint density at radius 2 is 1.96 bits per heavy atom. The van der Waals surface area contributed by atoms with Gasteiger partial charge in [0.2, 0.25) is 0 Å². The molecule has 4 nitrogen and oxygen atoms in total. The fourth-order valence-corrected chi connectivity index (χ4v) is 4.16. The first-order valence-corrected chi connectivity index (χ1v) is 9.96.